The first-order valence-electron chi connectivity index (χ1n) is 6.44. The topological polar surface area (TPSA) is 55.8 Å². The molecule has 0 amide bonds. The molecule has 1 heterocycles. The molecule has 2 rings (SSSR count). The van der Waals surface area contributed by atoms with E-state index in [1.54, 1.807) is 6.07 Å². The van der Waals surface area contributed by atoms with Gasteiger partial charge in [-0.15, -0.1) is 0 Å². The lowest BCUT2D eigenvalue weighted by Gasteiger charge is -2.32. The Morgan fingerprint density at radius 1 is 1.20 bits per heavy atom. The van der Waals surface area contributed by atoms with Crippen LogP contribution in [-0.4, -0.2) is 29.4 Å². The highest BCUT2D eigenvalue weighted by molar-refractivity contribution is 6.62. The Labute approximate surface area is 118 Å². The van der Waals surface area contributed by atoms with Crippen LogP contribution in [0.25, 0.3) is 0 Å². The van der Waals surface area contributed by atoms with Gasteiger partial charge in [0.2, 0.25) is 0 Å². The van der Waals surface area contributed by atoms with Crippen LogP contribution in [-0.2, 0) is 9.31 Å². The van der Waals surface area contributed by atoms with Crippen LogP contribution in [0, 0.1) is 12.7 Å². The van der Waals surface area contributed by atoms with Gasteiger partial charge < -0.3 is 14.4 Å². The number of aryl methyl sites for hydroxylation is 1. The zero-order valence-electron chi connectivity index (χ0n) is 12.3. The molecule has 20 heavy (non-hydrogen) atoms. The molecule has 1 aliphatic heterocycles. The van der Waals surface area contributed by atoms with Crippen molar-refractivity contribution in [1.82, 2.24) is 0 Å². The van der Waals surface area contributed by atoms with Crippen molar-refractivity contribution < 1.29 is 23.6 Å². The van der Waals surface area contributed by atoms with Crippen LogP contribution in [0.4, 0.5) is 4.39 Å². The molecule has 0 spiro atoms. The zero-order valence-corrected chi connectivity index (χ0v) is 12.3. The van der Waals surface area contributed by atoms with Gasteiger partial charge in [-0.3, -0.25) is 0 Å². The van der Waals surface area contributed by atoms with Crippen LogP contribution in [0.3, 0.4) is 0 Å². The fraction of sp³-hybridized carbons (Fsp3) is 0.500. The summed E-state index contributed by atoms with van der Waals surface area (Å²) >= 11 is 0. The van der Waals surface area contributed by atoms with Crippen LogP contribution < -0.4 is 5.46 Å². The van der Waals surface area contributed by atoms with E-state index < -0.39 is 30.1 Å². The van der Waals surface area contributed by atoms with E-state index in [0.717, 1.165) is 0 Å². The number of halogens is 1. The van der Waals surface area contributed by atoms with Crippen LogP contribution in [0.15, 0.2) is 12.1 Å². The molecule has 1 aliphatic rings. The van der Waals surface area contributed by atoms with Crippen LogP contribution in [0.1, 0.15) is 43.6 Å². The van der Waals surface area contributed by atoms with E-state index in [1.165, 1.54) is 13.0 Å². The molecule has 1 N–H and O–H groups in total. The maximum absolute atomic E-state index is 13.8. The molecule has 0 saturated carbocycles. The van der Waals surface area contributed by atoms with Gasteiger partial charge in [0.25, 0.3) is 0 Å². The lowest BCUT2D eigenvalue weighted by Crippen LogP contribution is -2.41. The number of hydrogen-bond donors (Lipinski definition) is 1. The standard InChI is InChI=1S/C14H18BFO4/c1-8-6-9(7-10(11(8)16)12(17)18)15-19-13(2,3)14(4,5)20-15/h6-7H,1-5H3,(H,17,18). The molecule has 4 nitrogen and oxygen atoms in total. The van der Waals surface area contributed by atoms with Gasteiger partial charge in [0.05, 0.1) is 16.8 Å². The monoisotopic (exact) mass is 280 g/mol. The summed E-state index contributed by atoms with van der Waals surface area (Å²) in [6.07, 6.45) is 0. The molecule has 1 saturated heterocycles. The van der Waals surface area contributed by atoms with Crippen molar-refractivity contribution in [2.45, 2.75) is 45.8 Å². The van der Waals surface area contributed by atoms with E-state index in [-0.39, 0.29) is 11.1 Å². The molecule has 1 aromatic carbocycles. The van der Waals surface area contributed by atoms with Gasteiger partial charge in [0, 0.05) is 0 Å². The first-order valence-corrected chi connectivity index (χ1v) is 6.44. The van der Waals surface area contributed by atoms with Crippen LogP contribution >= 0.6 is 0 Å². The highest BCUT2D eigenvalue weighted by Crippen LogP contribution is 2.36. The third-order valence-corrected chi connectivity index (χ3v) is 4.03. The molecule has 0 atom stereocenters. The maximum atomic E-state index is 13.8. The summed E-state index contributed by atoms with van der Waals surface area (Å²) in [6, 6.07) is 2.83. The highest BCUT2D eigenvalue weighted by atomic mass is 19.1. The first-order chi connectivity index (χ1) is 9.05. The fourth-order valence-electron chi connectivity index (χ4n) is 2.07. The fourth-order valence-corrected chi connectivity index (χ4v) is 2.07. The summed E-state index contributed by atoms with van der Waals surface area (Å²) in [5, 5.41) is 9.04. The van der Waals surface area contributed by atoms with E-state index in [0.29, 0.717) is 5.46 Å². The van der Waals surface area contributed by atoms with Gasteiger partial charge >= 0.3 is 13.1 Å². The van der Waals surface area contributed by atoms with Crippen molar-refractivity contribution in [2.75, 3.05) is 0 Å². The lowest BCUT2D eigenvalue weighted by atomic mass is 9.77. The van der Waals surface area contributed by atoms with Gasteiger partial charge in [-0.1, -0.05) is 6.07 Å². The smallest absolute Gasteiger partial charge is 0.478 e. The van der Waals surface area contributed by atoms with E-state index in [4.69, 9.17) is 14.4 Å². The van der Waals surface area contributed by atoms with E-state index >= 15 is 0 Å². The molecule has 0 aromatic heterocycles. The number of carboxylic acids is 1. The molecule has 6 heteroatoms. The summed E-state index contributed by atoms with van der Waals surface area (Å²) in [4.78, 5) is 11.1. The summed E-state index contributed by atoms with van der Waals surface area (Å²) in [7, 11) is -0.697. The number of hydrogen-bond acceptors (Lipinski definition) is 3. The predicted octanol–water partition coefficient (Wildman–Crippen LogP) is 2.13. The first kappa shape index (κ1) is 15.0. The van der Waals surface area contributed by atoms with E-state index in [1.807, 2.05) is 27.7 Å². The Hall–Kier alpha value is -1.40. The van der Waals surface area contributed by atoms with Crippen molar-refractivity contribution in [3.63, 3.8) is 0 Å². The minimum atomic E-state index is -1.30. The predicted molar refractivity (Wildman–Crippen MR) is 73.8 cm³/mol. The lowest BCUT2D eigenvalue weighted by molar-refractivity contribution is 0.00578. The normalized spacial score (nSPS) is 20.2. The van der Waals surface area contributed by atoms with Crippen LogP contribution in [0.2, 0.25) is 0 Å². The second-order valence-electron chi connectivity index (χ2n) is 6.09. The summed E-state index contributed by atoms with van der Waals surface area (Å²) < 4.78 is 25.4. The third kappa shape index (κ3) is 2.34. The Morgan fingerprint density at radius 3 is 2.15 bits per heavy atom. The Bertz CT molecular complexity index is 553. The number of carboxylic acid groups (broad SMARTS) is 1. The molecule has 0 radical (unpaired) electrons. The van der Waals surface area contributed by atoms with E-state index in [2.05, 4.69) is 0 Å². The highest BCUT2D eigenvalue weighted by Gasteiger charge is 2.51. The number of carbonyl (C=O) groups is 1. The van der Waals surface area contributed by atoms with Crippen molar-refractivity contribution in [2.24, 2.45) is 0 Å². The molecule has 0 bridgehead atoms. The minimum Gasteiger partial charge on any atom is -0.478 e. The summed E-state index contributed by atoms with van der Waals surface area (Å²) in [5.41, 5.74) is -0.642. The zero-order chi connectivity index (χ0) is 15.3. The Morgan fingerprint density at radius 2 is 1.70 bits per heavy atom. The average Bonchev–Trinajstić information content (AvgIpc) is 2.51. The SMILES string of the molecule is Cc1cc(B2OC(C)(C)C(C)(C)O2)cc(C(=O)O)c1F. The third-order valence-electron chi connectivity index (χ3n) is 4.03. The van der Waals surface area contributed by atoms with Gasteiger partial charge in [0.1, 0.15) is 5.82 Å². The van der Waals surface area contributed by atoms with Gasteiger partial charge in [0.15, 0.2) is 0 Å². The molecular formula is C14H18BFO4. The summed E-state index contributed by atoms with van der Waals surface area (Å²) in [6.45, 7) is 9.14. The Balaban J connectivity index is 2.43. The molecule has 0 unspecified atom stereocenters. The average molecular weight is 280 g/mol. The van der Waals surface area contributed by atoms with Gasteiger partial charge in [-0.25, -0.2) is 9.18 Å². The van der Waals surface area contributed by atoms with Crippen molar-refractivity contribution in [3.8, 4) is 0 Å². The second kappa shape index (κ2) is 4.57. The Kier molecular flexibility index (Phi) is 3.43. The van der Waals surface area contributed by atoms with Crippen molar-refractivity contribution in [3.05, 3.63) is 29.1 Å². The number of aromatic carboxylic acids is 1. The molecule has 0 aliphatic carbocycles. The molecule has 1 aromatic rings. The maximum Gasteiger partial charge on any atom is 0.494 e. The number of benzene rings is 1. The largest absolute Gasteiger partial charge is 0.494 e. The molecular weight excluding hydrogens is 262 g/mol. The van der Waals surface area contributed by atoms with Crippen LogP contribution in [0.5, 0.6) is 0 Å². The van der Waals surface area contributed by atoms with Crippen molar-refractivity contribution in [1.29, 1.82) is 0 Å². The quantitative estimate of drug-likeness (QED) is 0.843. The minimum absolute atomic E-state index is 0.259. The van der Waals surface area contributed by atoms with Gasteiger partial charge in [-0.2, -0.15) is 0 Å². The number of rotatable bonds is 2. The molecule has 108 valence electrons. The molecule has 1 fully saturated rings. The summed E-state index contributed by atoms with van der Waals surface area (Å²) in [5.74, 6) is -2.03. The van der Waals surface area contributed by atoms with Crippen molar-refractivity contribution >= 4 is 18.6 Å². The second-order valence-corrected chi connectivity index (χ2v) is 6.09. The van der Waals surface area contributed by atoms with E-state index in [9.17, 15) is 9.18 Å². The van der Waals surface area contributed by atoms with Gasteiger partial charge in [-0.05, 0) is 51.7 Å².